The highest BCUT2D eigenvalue weighted by molar-refractivity contribution is 5.92. The maximum Gasteiger partial charge on any atom is 0.269 e. The van der Waals surface area contributed by atoms with Gasteiger partial charge in [-0.1, -0.05) is 24.6 Å². The summed E-state index contributed by atoms with van der Waals surface area (Å²) in [5.41, 5.74) is 2.85. The Kier molecular flexibility index (Phi) is 6.16. The molecule has 2 amide bonds. The predicted octanol–water partition coefficient (Wildman–Crippen LogP) is 2.94. The molecule has 158 valence electrons. The van der Waals surface area contributed by atoms with E-state index in [-0.39, 0.29) is 17.9 Å². The largest absolute Gasteiger partial charge is 0.361 e. The van der Waals surface area contributed by atoms with E-state index in [1.165, 1.54) is 10.9 Å². The summed E-state index contributed by atoms with van der Waals surface area (Å²) in [7, 11) is 1.76. The van der Waals surface area contributed by atoms with Gasteiger partial charge < -0.3 is 15.6 Å². The number of hydrogen-bond donors (Lipinski definition) is 3. The molecule has 1 aliphatic carbocycles. The molecule has 2 heterocycles. The zero-order chi connectivity index (χ0) is 20.9. The molecular weight excluding hydrogens is 378 g/mol. The van der Waals surface area contributed by atoms with Crippen LogP contribution in [0.15, 0.2) is 42.7 Å². The maximum absolute atomic E-state index is 12.5. The summed E-state index contributed by atoms with van der Waals surface area (Å²) in [6, 6.07) is 10.1. The van der Waals surface area contributed by atoms with Gasteiger partial charge in [0.2, 0.25) is 5.91 Å². The number of para-hydroxylation sites is 1. The zero-order valence-corrected chi connectivity index (χ0v) is 17.4. The summed E-state index contributed by atoms with van der Waals surface area (Å²) in [5.74, 6) is 0.389. The van der Waals surface area contributed by atoms with Gasteiger partial charge >= 0.3 is 0 Å². The van der Waals surface area contributed by atoms with Gasteiger partial charge in [-0.25, -0.2) is 0 Å². The van der Waals surface area contributed by atoms with Crippen molar-refractivity contribution in [1.82, 2.24) is 25.4 Å². The SMILES string of the molecule is Cn1nccc1C(=O)NC[C@@H]1CCC[C@H](NC(=O)CCc2c[nH]c3ccccc23)C1. The number of hydrogen-bond acceptors (Lipinski definition) is 3. The van der Waals surface area contributed by atoms with Crippen LogP contribution in [0.3, 0.4) is 0 Å². The van der Waals surface area contributed by atoms with Crippen molar-refractivity contribution < 1.29 is 9.59 Å². The van der Waals surface area contributed by atoms with Gasteiger partial charge in [0, 0.05) is 49.4 Å². The predicted molar refractivity (Wildman–Crippen MR) is 116 cm³/mol. The van der Waals surface area contributed by atoms with Crippen molar-refractivity contribution in [2.24, 2.45) is 13.0 Å². The number of aryl methyl sites for hydroxylation is 2. The van der Waals surface area contributed by atoms with Crippen LogP contribution in [0.1, 0.15) is 48.2 Å². The third kappa shape index (κ3) is 4.72. The van der Waals surface area contributed by atoms with Gasteiger partial charge in [0.25, 0.3) is 5.91 Å². The first kappa shape index (κ1) is 20.2. The third-order valence-electron chi connectivity index (χ3n) is 6.05. The van der Waals surface area contributed by atoms with Gasteiger partial charge in [-0.2, -0.15) is 5.10 Å². The fourth-order valence-electron chi connectivity index (χ4n) is 4.42. The molecule has 0 unspecified atom stereocenters. The average Bonchev–Trinajstić information content (AvgIpc) is 3.37. The maximum atomic E-state index is 12.5. The molecule has 1 saturated carbocycles. The van der Waals surface area contributed by atoms with Crippen molar-refractivity contribution in [3.05, 3.63) is 54.0 Å². The highest BCUT2D eigenvalue weighted by atomic mass is 16.2. The Morgan fingerprint density at radius 3 is 2.93 bits per heavy atom. The minimum atomic E-state index is -0.0973. The third-order valence-corrected chi connectivity index (χ3v) is 6.05. The molecule has 0 radical (unpaired) electrons. The molecule has 3 aromatic rings. The lowest BCUT2D eigenvalue weighted by Crippen LogP contribution is -2.41. The molecule has 30 heavy (non-hydrogen) atoms. The lowest BCUT2D eigenvalue weighted by Gasteiger charge is -2.30. The molecule has 1 aliphatic rings. The second kappa shape index (κ2) is 9.15. The molecule has 3 N–H and O–H groups in total. The minimum Gasteiger partial charge on any atom is -0.361 e. The number of nitrogens with one attached hydrogen (secondary N) is 3. The monoisotopic (exact) mass is 407 g/mol. The molecule has 7 heteroatoms. The number of benzene rings is 1. The summed E-state index contributed by atoms with van der Waals surface area (Å²) >= 11 is 0. The van der Waals surface area contributed by atoms with Crippen LogP contribution < -0.4 is 10.6 Å². The van der Waals surface area contributed by atoms with E-state index in [4.69, 9.17) is 0 Å². The first-order valence-electron chi connectivity index (χ1n) is 10.7. The highest BCUT2D eigenvalue weighted by Gasteiger charge is 2.24. The van der Waals surface area contributed by atoms with Crippen LogP contribution in [-0.4, -0.2) is 39.2 Å². The van der Waals surface area contributed by atoms with E-state index in [1.54, 1.807) is 24.0 Å². The Labute approximate surface area is 176 Å². The molecule has 0 saturated heterocycles. The summed E-state index contributed by atoms with van der Waals surface area (Å²) < 4.78 is 1.58. The van der Waals surface area contributed by atoms with E-state index < -0.39 is 0 Å². The molecule has 1 fully saturated rings. The molecule has 4 rings (SSSR count). The minimum absolute atomic E-state index is 0.0973. The van der Waals surface area contributed by atoms with Crippen molar-refractivity contribution in [2.45, 2.75) is 44.6 Å². The summed E-state index contributed by atoms with van der Waals surface area (Å²) in [4.78, 5) is 28.0. The van der Waals surface area contributed by atoms with Crippen molar-refractivity contribution in [2.75, 3.05) is 6.54 Å². The number of aromatic nitrogens is 3. The number of aromatic amines is 1. The summed E-state index contributed by atoms with van der Waals surface area (Å²) in [5, 5.41) is 11.4. The molecule has 2 atom stereocenters. The number of amides is 2. The van der Waals surface area contributed by atoms with E-state index in [0.717, 1.165) is 37.6 Å². The number of H-pyrrole nitrogens is 1. The van der Waals surface area contributed by atoms with E-state index in [1.807, 2.05) is 24.4 Å². The van der Waals surface area contributed by atoms with E-state index in [9.17, 15) is 9.59 Å². The lowest BCUT2D eigenvalue weighted by molar-refractivity contribution is -0.122. The van der Waals surface area contributed by atoms with Crippen molar-refractivity contribution in [3.8, 4) is 0 Å². The summed E-state index contributed by atoms with van der Waals surface area (Å²) in [6.07, 6.45) is 8.90. The van der Waals surface area contributed by atoms with Crippen LogP contribution in [0.2, 0.25) is 0 Å². The Morgan fingerprint density at radius 2 is 2.10 bits per heavy atom. The molecule has 0 spiro atoms. The Hall–Kier alpha value is -3.09. The first-order chi connectivity index (χ1) is 14.6. The number of rotatable bonds is 7. The fourth-order valence-corrected chi connectivity index (χ4v) is 4.42. The molecule has 0 aliphatic heterocycles. The zero-order valence-electron chi connectivity index (χ0n) is 17.4. The Bertz CT molecular complexity index is 1020. The van der Waals surface area contributed by atoms with E-state index in [0.29, 0.717) is 24.6 Å². The summed E-state index contributed by atoms with van der Waals surface area (Å²) in [6.45, 7) is 0.631. The van der Waals surface area contributed by atoms with Crippen molar-refractivity contribution in [3.63, 3.8) is 0 Å². The topological polar surface area (TPSA) is 91.8 Å². The fraction of sp³-hybridized carbons (Fsp3) is 0.435. The number of nitrogens with zero attached hydrogens (tertiary/aromatic N) is 2. The van der Waals surface area contributed by atoms with Gasteiger partial charge in [0.05, 0.1) is 0 Å². The van der Waals surface area contributed by atoms with Crippen LogP contribution in [0.4, 0.5) is 0 Å². The Morgan fingerprint density at radius 1 is 1.23 bits per heavy atom. The molecule has 2 aromatic heterocycles. The second-order valence-electron chi connectivity index (χ2n) is 8.21. The first-order valence-corrected chi connectivity index (χ1v) is 10.7. The van der Waals surface area contributed by atoms with Crippen LogP contribution in [0.25, 0.3) is 10.9 Å². The van der Waals surface area contributed by atoms with Crippen molar-refractivity contribution in [1.29, 1.82) is 0 Å². The number of carbonyl (C=O) groups is 2. The second-order valence-corrected chi connectivity index (χ2v) is 8.21. The van der Waals surface area contributed by atoms with Gasteiger partial charge in [0.15, 0.2) is 0 Å². The van der Waals surface area contributed by atoms with E-state index in [2.05, 4.69) is 26.8 Å². The normalized spacial score (nSPS) is 19.0. The van der Waals surface area contributed by atoms with Crippen molar-refractivity contribution >= 4 is 22.7 Å². The van der Waals surface area contributed by atoms with E-state index >= 15 is 0 Å². The van der Waals surface area contributed by atoms with Crippen LogP contribution in [-0.2, 0) is 18.3 Å². The van der Waals surface area contributed by atoms with Gasteiger partial charge in [-0.15, -0.1) is 0 Å². The molecule has 0 bridgehead atoms. The average molecular weight is 408 g/mol. The van der Waals surface area contributed by atoms with Crippen LogP contribution >= 0.6 is 0 Å². The van der Waals surface area contributed by atoms with Gasteiger partial charge in [-0.05, 0) is 49.3 Å². The number of fused-ring (bicyclic) bond motifs is 1. The smallest absolute Gasteiger partial charge is 0.269 e. The standard InChI is InChI=1S/C23H29N5O2/c1-28-21(11-12-26-28)23(30)25-14-16-5-4-6-18(13-16)27-22(29)10-9-17-15-24-20-8-3-2-7-19(17)20/h2-3,7-8,11-12,15-16,18,24H,4-6,9-10,13-14H2,1H3,(H,25,30)(H,27,29)/t16-,18+/m1/s1. The molecule has 7 nitrogen and oxygen atoms in total. The quantitative estimate of drug-likeness (QED) is 0.562. The lowest BCUT2D eigenvalue weighted by atomic mass is 9.85. The van der Waals surface area contributed by atoms with Crippen LogP contribution in [0, 0.1) is 5.92 Å². The van der Waals surface area contributed by atoms with Gasteiger partial charge in [0.1, 0.15) is 5.69 Å². The highest BCUT2D eigenvalue weighted by Crippen LogP contribution is 2.24. The van der Waals surface area contributed by atoms with Gasteiger partial charge in [-0.3, -0.25) is 14.3 Å². The Balaban J connectivity index is 1.23. The number of carbonyl (C=O) groups excluding carboxylic acids is 2. The van der Waals surface area contributed by atoms with Crippen LogP contribution in [0.5, 0.6) is 0 Å². The molecular formula is C23H29N5O2. The molecule has 1 aromatic carbocycles.